The average Bonchev–Trinajstić information content (AvgIpc) is 2.46. The minimum Gasteiger partial charge on any atom is -0.490 e. The Bertz CT molecular complexity index is 464. The van der Waals surface area contributed by atoms with Crippen LogP contribution in [0.25, 0.3) is 0 Å². The maximum atomic E-state index is 11.3. The molecule has 0 saturated carbocycles. The Morgan fingerprint density at radius 3 is 2.95 bits per heavy atom. The lowest BCUT2D eigenvalue weighted by Gasteiger charge is -2.36. The fraction of sp³-hybridized carbons (Fsp3) is 0.538. The lowest BCUT2D eigenvalue weighted by atomic mass is 10.0. The number of hydrogen-bond acceptors (Lipinski definition) is 5. The second kappa shape index (κ2) is 5.88. The first-order valence-electron chi connectivity index (χ1n) is 6.47. The van der Waals surface area contributed by atoms with E-state index in [2.05, 4.69) is 0 Å². The van der Waals surface area contributed by atoms with Crippen LogP contribution < -0.4 is 15.4 Å². The van der Waals surface area contributed by atoms with Crippen molar-refractivity contribution in [3.8, 4) is 5.75 Å². The molecule has 1 heterocycles. The van der Waals surface area contributed by atoms with E-state index in [-0.39, 0.29) is 16.7 Å². The molecule has 2 N–H and O–H groups in total. The number of ether oxygens (including phenoxy) is 1. The maximum Gasteiger partial charge on any atom is 0.333 e. The van der Waals surface area contributed by atoms with E-state index in [1.54, 1.807) is 18.2 Å². The van der Waals surface area contributed by atoms with Gasteiger partial charge in [-0.3, -0.25) is 10.1 Å². The molecule has 6 heteroatoms. The van der Waals surface area contributed by atoms with Gasteiger partial charge in [0.25, 0.3) is 0 Å². The number of benzene rings is 1. The van der Waals surface area contributed by atoms with Crippen LogP contribution in [0.4, 0.5) is 11.4 Å². The molecule has 0 radical (unpaired) electrons. The van der Waals surface area contributed by atoms with Gasteiger partial charge < -0.3 is 15.4 Å². The van der Waals surface area contributed by atoms with Crippen LogP contribution in [0.3, 0.4) is 0 Å². The van der Waals surface area contributed by atoms with Gasteiger partial charge in [0, 0.05) is 19.1 Å². The molecule has 0 aliphatic carbocycles. The van der Waals surface area contributed by atoms with Crippen molar-refractivity contribution in [2.24, 2.45) is 5.73 Å². The van der Waals surface area contributed by atoms with Crippen molar-refractivity contribution in [1.82, 2.24) is 0 Å². The third kappa shape index (κ3) is 2.63. The van der Waals surface area contributed by atoms with Crippen molar-refractivity contribution in [2.45, 2.75) is 25.3 Å². The molecule has 1 fully saturated rings. The van der Waals surface area contributed by atoms with E-state index in [1.807, 2.05) is 4.90 Å². The maximum absolute atomic E-state index is 11.3. The molecule has 0 spiro atoms. The molecule has 1 aliphatic heterocycles. The van der Waals surface area contributed by atoms with Crippen molar-refractivity contribution >= 4 is 11.4 Å². The number of nitrogens with two attached hydrogens (primary N) is 1. The number of para-hydroxylation sites is 1. The van der Waals surface area contributed by atoms with Crippen LogP contribution in [0.1, 0.15) is 19.3 Å². The molecule has 1 atom stereocenters. The van der Waals surface area contributed by atoms with Gasteiger partial charge in [0.05, 0.1) is 12.0 Å². The van der Waals surface area contributed by atoms with Gasteiger partial charge in [-0.05, 0) is 31.4 Å². The van der Waals surface area contributed by atoms with Gasteiger partial charge in [0.1, 0.15) is 5.69 Å². The molecule has 6 nitrogen and oxygen atoms in total. The number of hydrogen-bond donors (Lipinski definition) is 1. The summed E-state index contributed by atoms with van der Waals surface area (Å²) >= 11 is 0. The van der Waals surface area contributed by atoms with Crippen molar-refractivity contribution in [1.29, 1.82) is 0 Å². The standard InChI is InChI=1S/C13H19N3O3/c1-19-12-7-4-6-11(13(12)16(17)18)15-8-3-2-5-10(15)9-14/h4,6-7,10H,2-3,5,8-9,14H2,1H3. The van der Waals surface area contributed by atoms with Crippen molar-refractivity contribution in [3.63, 3.8) is 0 Å². The van der Waals surface area contributed by atoms with Crippen LogP contribution in [0.5, 0.6) is 5.75 Å². The van der Waals surface area contributed by atoms with Gasteiger partial charge in [-0.15, -0.1) is 0 Å². The predicted molar refractivity (Wildman–Crippen MR) is 73.7 cm³/mol. The van der Waals surface area contributed by atoms with Crippen molar-refractivity contribution in [3.05, 3.63) is 28.3 Å². The second-order valence-electron chi connectivity index (χ2n) is 4.66. The number of nitro groups is 1. The number of nitrogens with zero attached hydrogens (tertiary/aromatic N) is 2. The highest BCUT2D eigenvalue weighted by atomic mass is 16.6. The third-order valence-corrected chi connectivity index (χ3v) is 3.59. The third-order valence-electron chi connectivity index (χ3n) is 3.59. The summed E-state index contributed by atoms with van der Waals surface area (Å²) < 4.78 is 5.11. The van der Waals surface area contributed by atoms with E-state index < -0.39 is 0 Å². The smallest absolute Gasteiger partial charge is 0.333 e. The largest absolute Gasteiger partial charge is 0.490 e. The normalized spacial score (nSPS) is 19.3. The first-order valence-corrected chi connectivity index (χ1v) is 6.47. The number of anilines is 1. The average molecular weight is 265 g/mol. The summed E-state index contributed by atoms with van der Waals surface area (Å²) in [7, 11) is 1.45. The highest BCUT2D eigenvalue weighted by Crippen LogP contribution is 2.39. The lowest BCUT2D eigenvalue weighted by molar-refractivity contribution is -0.385. The summed E-state index contributed by atoms with van der Waals surface area (Å²) in [6.07, 6.45) is 3.13. The van der Waals surface area contributed by atoms with Gasteiger partial charge in [0.15, 0.2) is 5.75 Å². The zero-order valence-electron chi connectivity index (χ0n) is 11.0. The van der Waals surface area contributed by atoms with E-state index in [1.165, 1.54) is 7.11 Å². The first kappa shape index (κ1) is 13.6. The van der Waals surface area contributed by atoms with Crippen molar-refractivity contribution in [2.75, 3.05) is 25.1 Å². The van der Waals surface area contributed by atoms with Gasteiger partial charge in [-0.2, -0.15) is 0 Å². The topological polar surface area (TPSA) is 81.6 Å². The first-order chi connectivity index (χ1) is 9.19. The second-order valence-corrected chi connectivity index (χ2v) is 4.66. The molecular weight excluding hydrogens is 246 g/mol. The Hall–Kier alpha value is -1.82. The number of methoxy groups -OCH3 is 1. The Balaban J connectivity index is 2.45. The molecule has 104 valence electrons. The fourth-order valence-corrected chi connectivity index (χ4v) is 2.65. The number of piperidine rings is 1. The molecule has 0 bridgehead atoms. The Labute approximate surface area is 112 Å². The van der Waals surface area contributed by atoms with Crippen molar-refractivity contribution < 1.29 is 9.66 Å². The zero-order valence-corrected chi connectivity index (χ0v) is 11.0. The van der Waals surface area contributed by atoms with Crippen LogP contribution >= 0.6 is 0 Å². The Morgan fingerprint density at radius 2 is 2.32 bits per heavy atom. The van der Waals surface area contributed by atoms with Gasteiger partial charge in [-0.1, -0.05) is 6.07 Å². The quantitative estimate of drug-likeness (QED) is 0.664. The number of rotatable bonds is 4. The van der Waals surface area contributed by atoms with Crippen LogP contribution in [0, 0.1) is 10.1 Å². The van der Waals surface area contributed by atoms with Crippen LogP contribution in [0.15, 0.2) is 18.2 Å². The monoisotopic (exact) mass is 265 g/mol. The van der Waals surface area contributed by atoms with E-state index in [0.717, 1.165) is 25.8 Å². The Kier molecular flexibility index (Phi) is 4.21. The van der Waals surface area contributed by atoms with Gasteiger partial charge >= 0.3 is 5.69 Å². The zero-order chi connectivity index (χ0) is 13.8. The van der Waals surface area contributed by atoms with Gasteiger partial charge in [-0.25, -0.2) is 0 Å². The molecule has 1 aliphatic rings. The van der Waals surface area contributed by atoms with E-state index in [9.17, 15) is 10.1 Å². The van der Waals surface area contributed by atoms with Crippen LogP contribution in [-0.4, -0.2) is 31.2 Å². The molecule has 2 rings (SSSR count). The molecule has 0 amide bonds. The van der Waals surface area contributed by atoms with Gasteiger partial charge in [0.2, 0.25) is 0 Å². The minimum absolute atomic E-state index is 0.0327. The lowest BCUT2D eigenvalue weighted by Crippen LogP contribution is -2.44. The summed E-state index contributed by atoms with van der Waals surface area (Å²) in [6, 6.07) is 5.33. The van der Waals surface area contributed by atoms with Crippen LogP contribution in [0.2, 0.25) is 0 Å². The predicted octanol–water partition coefficient (Wildman–Crippen LogP) is 1.92. The summed E-state index contributed by atoms with van der Waals surface area (Å²) in [5, 5.41) is 11.3. The molecule has 19 heavy (non-hydrogen) atoms. The molecule has 1 aromatic carbocycles. The summed E-state index contributed by atoms with van der Waals surface area (Å²) in [5.41, 5.74) is 6.43. The fourth-order valence-electron chi connectivity index (χ4n) is 2.65. The summed E-state index contributed by atoms with van der Waals surface area (Å²) in [4.78, 5) is 13.0. The highest BCUT2D eigenvalue weighted by molar-refractivity contribution is 5.70. The van der Waals surface area contributed by atoms with E-state index >= 15 is 0 Å². The molecular formula is C13H19N3O3. The van der Waals surface area contributed by atoms with E-state index in [4.69, 9.17) is 10.5 Å². The Morgan fingerprint density at radius 1 is 1.53 bits per heavy atom. The molecule has 1 aromatic rings. The molecule has 1 saturated heterocycles. The summed E-state index contributed by atoms with van der Waals surface area (Å²) in [5.74, 6) is 0.295. The molecule has 1 unspecified atom stereocenters. The minimum atomic E-state index is -0.379. The summed E-state index contributed by atoms with van der Waals surface area (Å²) in [6.45, 7) is 1.31. The highest BCUT2D eigenvalue weighted by Gasteiger charge is 2.29. The van der Waals surface area contributed by atoms with E-state index in [0.29, 0.717) is 18.0 Å². The molecule has 0 aromatic heterocycles. The SMILES string of the molecule is COc1cccc(N2CCCCC2CN)c1[N+](=O)[O-]. The van der Waals surface area contributed by atoms with Crippen LogP contribution in [-0.2, 0) is 0 Å². The number of nitro benzene ring substituents is 1.